The third kappa shape index (κ3) is 4.39. The number of para-hydroxylation sites is 1. The van der Waals surface area contributed by atoms with Crippen molar-refractivity contribution >= 4 is 58.0 Å². The van der Waals surface area contributed by atoms with Gasteiger partial charge in [0.05, 0.1) is 15.7 Å². The van der Waals surface area contributed by atoms with Crippen LogP contribution in [0.5, 0.6) is 0 Å². The van der Waals surface area contributed by atoms with Crippen LogP contribution in [0.4, 0.5) is 17.3 Å². The van der Waals surface area contributed by atoms with Crippen molar-refractivity contribution in [3.63, 3.8) is 0 Å². The van der Waals surface area contributed by atoms with E-state index in [1.807, 2.05) is 0 Å². The van der Waals surface area contributed by atoms with Crippen LogP contribution in [0.25, 0.3) is 0 Å². The molecular formula is C17H11Cl3N4O. The number of benzene rings is 2. The maximum absolute atomic E-state index is 12.4. The molecule has 8 heteroatoms. The smallest absolute Gasteiger partial charge is 0.274 e. The van der Waals surface area contributed by atoms with Gasteiger partial charge in [0, 0.05) is 16.9 Å². The number of carbonyl (C=O) groups is 1. The topological polar surface area (TPSA) is 66.9 Å². The summed E-state index contributed by atoms with van der Waals surface area (Å²) in [6.45, 7) is 0. The van der Waals surface area contributed by atoms with Gasteiger partial charge in [0.15, 0.2) is 0 Å². The molecule has 0 atom stereocenters. The molecule has 0 aliphatic carbocycles. The van der Waals surface area contributed by atoms with Crippen molar-refractivity contribution in [2.45, 2.75) is 0 Å². The largest absolute Gasteiger partial charge is 0.324 e. The first kappa shape index (κ1) is 17.5. The first-order chi connectivity index (χ1) is 12.0. The van der Waals surface area contributed by atoms with Crippen LogP contribution in [0.3, 0.4) is 0 Å². The molecule has 0 radical (unpaired) electrons. The Morgan fingerprint density at radius 1 is 0.920 bits per heavy atom. The molecule has 0 aliphatic rings. The fraction of sp³-hybridized carbons (Fsp3) is 0. The molecule has 3 aromatic rings. The van der Waals surface area contributed by atoms with Crippen LogP contribution in [-0.4, -0.2) is 15.9 Å². The van der Waals surface area contributed by atoms with Gasteiger partial charge in [-0.1, -0.05) is 40.9 Å². The zero-order chi connectivity index (χ0) is 17.8. The Morgan fingerprint density at radius 3 is 2.28 bits per heavy atom. The van der Waals surface area contributed by atoms with Gasteiger partial charge in [-0.3, -0.25) is 4.79 Å². The van der Waals surface area contributed by atoms with Crippen molar-refractivity contribution in [2.75, 3.05) is 10.6 Å². The third-order valence-corrected chi connectivity index (χ3v) is 4.07. The minimum atomic E-state index is -0.448. The van der Waals surface area contributed by atoms with Gasteiger partial charge in [0.25, 0.3) is 5.91 Å². The molecule has 0 fully saturated rings. The van der Waals surface area contributed by atoms with Crippen LogP contribution in [0.2, 0.25) is 15.1 Å². The molecule has 0 spiro atoms. The van der Waals surface area contributed by atoms with Crippen molar-refractivity contribution in [1.29, 1.82) is 0 Å². The zero-order valence-electron chi connectivity index (χ0n) is 12.6. The van der Waals surface area contributed by atoms with Crippen molar-refractivity contribution in [1.82, 2.24) is 9.97 Å². The number of hydrogen-bond acceptors (Lipinski definition) is 4. The quantitative estimate of drug-likeness (QED) is 0.620. The number of carbonyl (C=O) groups excluding carboxylic acids is 1. The lowest BCUT2D eigenvalue weighted by molar-refractivity contribution is 0.102. The van der Waals surface area contributed by atoms with Crippen molar-refractivity contribution in [2.24, 2.45) is 0 Å². The van der Waals surface area contributed by atoms with E-state index in [1.54, 1.807) is 42.5 Å². The summed E-state index contributed by atoms with van der Waals surface area (Å²) in [5.41, 5.74) is 1.25. The van der Waals surface area contributed by atoms with Gasteiger partial charge in [-0.2, -0.15) is 0 Å². The molecule has 1 aromatic heterocycles. The van der Waals surface area contributed by atoms with E-state index in [4.69, 9.17) is 34.8 Å². The van der Waals surface area contributed by atoms with Gasteiger partial charge in [-0.05, 0) is 42.5 Å². The lowest BCUT2D eigenvalue weighted by atomic mass is 10.3. The predicted molar refractivity (Wildman–Crippen MR) is 101 cm³/mol. The molecule has 3 rings (SSSR count). The molecule has 1 heterocycles. The number of nitrogens with one attached hydrogen (secondary N) is 2. The van der Waals surface area contributed by atoms with E-state index in [1.165, 1.54) is 12.3 Å². The maximum atomic E-state index is 12.4. The molecule has 0 saturated heterocycles. The molecular weight excluding hydrogens is 383 g/mol. The highest BCUT2D eigenvalue weighted by atomic mass is 35.5. The molecule has 126 valence electrons. The van der Waals surface area contributed by atoms with E-state index in [0.717, 1.165) is 5.69 Å². The highest BCUT2D eigenvalue weighted by Crippen LogP contribution is 2.30. The lowest BCUT2D eigenvalue weighted by Crippen LogP contribution is -2.15. The lowest BCUT2D eigenvalue weighted by Gasteiger charge is -2.10. The Labute approximate surface area is 159 Å². The average Bonchev–Trinajstić information content (AvgIpc) is 2.60. The van der Waals surface area contributed by atoms with E-state index in [-0.39, 0.29) is 11.6 Å². The zero-order valence-corrected chi connectivity index (χ0v) is 14.9. The summed E-state index contributed by atoms with van der Waals surface area (Å²) in [5, 5.41) is 6.96. The summed E-state index contributed by atoms with van der Waals surface area (Å²) in [7, 11) is 0. The summed E-state index contributed by atoms with van der Waals surface area (Å²) < 4.78 is 0. The van der Waals surface area contributed by atoms with Crippen LogP contribution in [0.1, 0.15) is 10.5 Å². The van der Waals surface area contributed by atoms with Crippen LogP contribution in [0.15, 0.2) is 54.7 Å². The van der Waals surface area contributed by atoms with Gasteiger partial charge in [-0.25, -0.2) is 9.97 Å². The average molecular weight is 394 g/mol. The monoisotopic (exact) mass is 392 g/mol. The molecule has 0 bridgehead atoms. The molecule has 0 saturated carbocycles. The van der Waals surface area contributed by atoms with Crippen molar-refractivity contribution in [3.8, 4) is 0 Å². The molecule has 25 heavy (non-hydrogen) atoms. The third-order valence-electron chi connectivity index (χ3n) is 3.19. The van der Waals surface area contributed by atoms with Crippen molar-refractivity contribution < 1.29 is 4.79 Å². The Morgan fingerprint density at radius 2 is 1.60 bits per heavy atom. The second kappa shape index (κ2) is 7.70. The Balaban J connectivity index is 1.78. The second-order valence-corrected chi connectivity index (χ2v) is 6.20. The second-order valence-electron chi connectivity index (χ2n) is 4.95. The number of nitrogens with zero attached hydrogens (tertiary/aromatic N) is 2. The van der Waals surface area contributed by atoms with Crippen LogP contribution < -0.4 is 10.6 Å². The summed E-state index contributed by atoms with van der Waals surface area (Å²) in [6.07, 6.45) is 1.48. The van der Waals surface area contributed by atoms with Crippen molar-refractivity contribution in [3.05, 3.63) is 75.5 Å². The van der Waals surface area contributed by atoms with Crippen LogP contribution in [0, 0.1) is 0 Å². The standard InChI is InChI=1S/C17H11Cl3N4O/c18-10-4-6-11(7-5-10)22-17-21-9-8-14(23-17)16(25)24-15-12(19)2-1-3-13(15)20/h1-9H,(H,24,25)(H,21,22,23). The SMILES string of the molecule is O=C(Nc1c(Cl)cccc1Cl)c1ccnc(Nc2ccc(Cl)cc2)n1. The normalized spacial score (nSPS) is 10.4. The first-order valence-electron chi connectivity index (χ1n) is 7.14. The van der Waals surface area contributed by atoms with Gasteiger partial charge in [0.2, 0.25) is 5.95 Å². The van der Waals surface area contributed by atoms with Gasteiger partial charge < -0.3 is 10.6 Å². The van der Waals surface area contributed by atoms with E-state index in [2.05, 4.69) is 20.6 Å². The molecule has 2 aromatic carbocycles. The highest BCUT2D eigenvalue weighted by molar-refractivity contribution is 6.40. The highest BCUT2D eigenvalue weighted by Gasteiger charge is 2.13. The maximum Gasteiger partial charge on any atom is 0.274 e. The number of anilines is 3. The fourth-order valence-corrected chi connectivity index (χ4v) is 2.62. The number of rotatable bonds is 4. The summed E-state index contributed by atoms with van der Waals surface area (Å²) in [4.78, 5) is 20.7. The molecule has 0 unspecified atom stereocenters. The van der Waals surface area contributed by atoms with Gasteiger partial charge in [-0.15, -0.1) is 0 Å². The Bertz CT molecular complexity index is 896. The summed E-state index contributed by atoms with van der Waals surface area (Å²) >= 11 is 18.0. The number of halogens is 3. The van der Waals surface area contributed by atoms with Gasteiger partial charge in [0.1, 0.15) is 5.69 Å². The van der Waals surface area contributed by atoms with Gasteiger partial charge >= 0.3 is 0 Å². The number of hydrogen-bond donors (Lipinski definition) is 2. The Kier molecular flexibility index (Phi) is 5.38. The number of aromatic nitrogens is 2. The minimum Gasteiger partial charge on any atom is -0.324 e. The Hall–Kier alpha value is -2.34. The van der Waals surface area contributed by atoms with E-state index >= 15 is 0 Å². The molecule has 2 N–H and O–H groups in total. The molecule has 1 amide bonds. The molecule has 0 aliphatic heterocycles. The summed E-state index contributed by atoms with van der Waals surface area (Å²) in [6, 6.07) is 13.5. The van der Waals surface area contributed by atoms with Crippen LogP contribution in [-0.2, 0) is 0 Å². The minimum absolute atomic E-state index is 0.169. The van der Waals surface area contributed by atoms with E-state index in [9.17, 15) is 4.79 Å². The van der Waals surface area contributed by atoms with Crippen LogP contribution >= 0.6 is 34.8 Å². The van der Waals surface area contributed by atoms with E-state index < -0.39 is 5.91 Å². The first-order valence-corrected chi connectivity index (χ1v) is 8.27. The predicted octanol–water partition coefficient (Wildman–Crippen LogP) is 5.43. The van der Waals surface area contributed by atoms with E-state index in [0.29, 0.717) is 20.8 Å². The molecule has 5 nitrogen and oxygen atoms in total. The number of amides is 1. The summed E-state index contributed by atoms with van der Waals surface area (Å²) in [5.74, 6) is -0.170. The fourth-order valence-electron chi connectivity index (χ4n) is 2.00.